The van der Waals surface area contributed by atoms with Crippen LogP contribution in [0.15, 0.2) is 5.16 Å². The first-order chi connectivity index (χ1) is 7.25. The van der Waals surface area contributed by atoms with E-state index in [2.05, 4.69) is 20.8 Å². The summed E-state index contributed by atoms with van der Waals surface area (Å²) in [6.45, 7) is 1.24. The first kappa shape index (κ1) is 10.7. The van der Waals surface area contributed by atoms with Crippen LogP contribution in [-0.2, 0) is 6.54 Å². The van der Waals surface area contributed by atoms with E-state index in [0.717, 1.165) is 0 Å². The van der Waals surface area contributed by atoms with Crippen molar-refractivity contribution in [2.75, 3.05) is 6.54 Å². The Labute approximate surface area is 89.6 Å². The van der Waals surface area contributed by atoms with Gasteiger partial charge in [-0.05, 0) is 35.0 Å². The van der Waals surface area contributed by atoms with Crippen LogP contribution in [0.25, 0.3) is 0 Å². The number of hydrogen-bond donors (Lipinski definition) is 1. The summed E-state index contributed by atoms with van der Waals surface area (Å²) in [5.41, 5.74) is 0. The van der Waals surface area contributed by atoms with Gasteiger partial charge in [0.15, 0.2) is 0 Å². The Morgan fingerprint density at radius 2 is 2.33 bits per heavy atom. The van der Waals surface area contributed by atoms with Crippen molar-refractivity contribution in [1.29, 1.82) is 0 Å². The average molecular weight is 235 g/mol. The molecule has 2 rings (SSSR count). The van der Waals surface area contributed by atoms with Crippen molar-refractivity contribution in [3.8, 4) is 0 Å². The summed E-state index contributed by atoms with van der Waals surface area (Å²) in [6.07, 6.45) is 2.41. The molecule has 8 heteroatoms. The molecule has 5 nitrogen and oxygen atoms in total. The topological polar surface area (TPSA) is 55.6 Å². The predicted molar refractivity (Wildman–Crippen MR) is 50.7 cm³/mol. The number of tetrazole rings is 1. The van der Waals surface area contributed by atoms with Gasteiger partial charge < -0.3 is 5.32 Å². The fourth-order valence-corrected chi connectivity index (χ4v) is 1.66. The molecular weight excluding hydrogens is 224 g/mol. The molecule has 1 heterocycles. The fraction of sp³-hybridized carbons (Fsp3) is 0.857. The lowest BCUT2D eigenvalue weighted by molar-refractivity contribution is 0.251. The minimum Gasteiger partial charge on any atom is -0.312 e. The third-order valence-electron chi connectivity index (χ3n) is 2.03. The number of hydrogen-bond acceptors (Lipinski definition) is 5. The number of alkyl halides is 2. The van der Waals surface area contributed by atoms with Gasteiger partial charge in [-0.2, -0.15) is 8.78 Å². The highest BCUT2D eigenvalue weighted by Gasteiger charge is 2.20. The monoisotopic (exact) mass is 235 g/mol. The van der Waals surface area contributed by atoms with Crippen molar-refractivity contribution in [3.05, 3.63) is 0 Å². The van der Waals surface area contributed by atoms with Gasteiger partial charge in [0.2, 0.25) is 5.16 Å². The maximum Gasteiger partial charge on any atom is 0.291 e. The second-order valence-electron chi connectivity index (χ2n) is 3.29. The number of rotatable bonds is 6. The number of aromatic nitrogens is 4. The molecule has 1 N–H and O–H groups in total. The van der Waals surface area contributed by atoms with Crippen molar-refractivity contribution < 1.29 is 8.78 Å². The summed E-state index contributed by atoms with van der Waals surface area (Å²) in [4.78, 5) is 0. The normalized spacial score (nSPS) is 16.2. The summed E-state index contributed by atoms with van der Waals surface area (Å²) >= 11 is 0.372. The van der Waals surface area contributed by atoms with Gasteiger partial charge in [0.25, 0.3) is 5.76 Å². The van der Waals surface area contributed by atoms with Gasteiger partial charge in [-0.1, -0.05) is 0 Å². The second kappa shape index (κ2) is 4.84. The highest BCUT2D eigenvalue weighted by atomic mass is 32.2. The van der Waals surface area contributed by atoms with E-state index >= 15 is 0 Å². The van der Waals surface area contributed by atoms with E-state index in [1.165, 1.54) is 17.5 Å². The van der Waals surface area contributed by atoms with E-state index in [1.807, 2.05) is 0 Å². The molecule has 1 fully saturated rings. The molecule has 0 amide bonds. The molecule has 0 saturated heterocycles. The lowest BCUT2D eigenvalue weighted by atomic mass is 10.6. The Morgan fingerprint density at radius 1 is 1.53 bits per heavy atom. The summed E-state index contributed by atoms with van der Waals surface area (Å²) in [5, 5.41) is 14.0. The quantitative estimate of drug-likeness (QED) is 0.737. The molecule has 0 atom stereocenters. The van der Waals surface area contributed by atoms with E-state index < -0.39 is 5.76 Å². The summed E-state index contributed by atoms with van der Waals surface area (Å²) < 4.78 is 25.5. The minimum absolute atomic E-state index is 0.169. The molecule has 0 aromatic carbocycles. The zero-order valence-corrected chi connectivity index (χ0v) is 8.75. The van der Waals surface area contributed by atoms with Crippen molar-refractivity contribution >= 4 is 11.8 Å². The van der Waals surface area contributed by atoms with E-state index in [0.29, 0.717) is 30.9 Å². The van der Waals surface area contributed by atoms with Gasteiger partial charge in [0, 0.05) is 12.6 Å². The van der Waals surface area contributed by atoms with Gasteiger partial charge in [-0.15, -0.1) is 5.10 Å². The van der Waals surface area contributed by atoms with Crippen LogP contribution in [0.1, 0.15) is 12.8 Å². The summed E-state index contributed by atoms with van der Waals surface area (Å²) in [6, 6.07) is 0.604. The fourth-order valence-electron chi connectivity index (χ4n) is 1.16. The minimum atomic E-state index is -2.48. The SMILES string of the molecule is FC(F)Sc1nnnn1CCNC1CC1. The first-order valence-electron chi connectivity index (χ1n) is 4.70. The number of nitrogens with one attached hydrogen (secondary N) is 1. The third kappa shape index (κ3) is 3.38. The number of nitrogens with zero attached hydrogens (tertiary/aromatic N) is 4. The molecule has 1 saturated carbocycles. The molecular formula is C7H11F2N5S. The molecule has 1 aliphatic rings. The number of thioether (sulfide) groups is 1. The van der Waals surface area contributed by atoms with Crippen LogP contribution < -0.4 is 5.32 Å². The van der Waals surface area contributed by atoms with Gasteiger partial charge in [0.1, 0.15) is 0 Å². The lowest BCUT2D eigenvalue weighted by Gasteiger charge is -2.04. The van der Waals surface area contributed by atoms with Crippen LogP contribution in [-0.4, -0.2) is 38.6 Å². The predicted octanol–water partition coefficient (Wildman–Crippen LogP) is 0.740. The highest BCUT2D eigenvalue weighted by Crippen LogP contribution is 2.22. The van der Waals surface area contributed by atoms with Crippen LogP contribution in [0.5, 0.6) is 0 Å². The van der Waals surface area contributed by atoms with Crippen LogP contribution in [0.3, 0.4) is 0 Å². The average Bonchev–Trinajstić information content (AvgIpc) is 2.89. The number of halogens is 2. The molecule has 0 aliphatic heterocycles. The lowest BCUT2D eigenvalue weighted by Crippen LogP contribution is -2.22. The molecule has 0 unspecified atom stereocenters. The van der Waals surface area contributed by atoms with E-state index in [4.69, 9.17) is 0 Å². The van der Waals surface area contributed by atoms with Crippen LogP contribution >= 0.6 is 11.8 Å². The molecule has 15 heavy (non-hydrogen) atoms. The maximum atomic E-state index is 12.1. The maximum absolute atomic E-state index is 12.1. The van der Waals surface area contributed by atoms with Crippen LogP contribution in [0, 0.1) is 0 Å². The molecule has 84 valence electrons. The molecule has 0 bridgehead atoms. The van der Waals surface area contributed by atoms with Crippen LogP contribution in [0.4, 0.5) is 8.78 Å². The van der Waals surface area contributed by atoms with E-state index in [-0.39, 0.29) is 5.16 Å². The zero-order valence-electron chi connectivity index (χ0n) is 7.94. The van der Waals surface area contributed by atoms with Crippen LogP contribution in [0.2, 0.25) is 0 Å². The Morgan fingerprint density at radius 3 is 3.00 bits per heavy atom. The zero-order chi connectivity index (χ0) is 10.7. The summed E-state index contributed by atoms with van der Waals surface area (Å²) in [7, 11) is 0. The van der Waals surface area contributed by atoms with E-state index in [1.54, 1.807) is 0 Å². The highest BCUT2D eigenvalue weighted by molar-refractivity contribution is 7.99. The van der Waals surface area contributed by atoms with Crippen molar-refractivity contribution in [1.82, 2.24) is 25.5 Å². The van der Waals surface area contributed by atoms with Crippen molar-refractivity contribution in [2.45, 2.75) is 36.3 Å². The molecule has 1 aromatic rings. The third-order valence-corrected chi connectivity index (χ3v) is 2.71. The Bertz CT molecular complexity index is 314. The molecule has 1 aliphatic carbocycles. The smallest absolute Gasteiger partial charge is 0.291 e. The van der Waals surface area contributed by atoms with Gasteiger partial charge in [-0.25, -0.2) is 4.68 Å². The second-order valence-corrected chi connectivity index (χ2v) is 4.25. The van der Waals surface area contributed by atoms with Gasteiger partial charge in [0.05, 0.1) is 6.54 Å². The van der Waals surface area contributed by atoms with Crippen molar-refractivity contribution in [2.24, 2.45) is 0 Å². The standard InChI is InChI=1S/C7H11F2N5S/c8-6(9)15-7-11-12-13-14(7)4-3-10-5-1-2-5/h5-6,10H,1-4H2. The molecule has 0 spiro atoms. The Balaban J connectivity index is 1.80. The molecule has 0 radical (unpaired) electrons. The van der Waals surface area contributed by atoms with Gasteiger partial charge >= 0.3 is 0 Å². The Hall–Kier alpha value is -0.760. The summed E-state index contributed by atoms with van der Waals surface area (Å²) in [5.74, 6) is -2.48. The Kier molecular flexibility index (Phi) is 3.47. The largest absolute Gasteiger partial charge is 0.312 e. The van der Waals surface area contributed by atoms with E-state index in [9.17, 15) is 8.78 Å². The van der Waals surface area contributed by atoms with Crippen molar-refractivity contribution in [3.63, 3.8) is 0 Å². The van der Waals surface area contributed by atoms with Gasteiger partial charge in [-0.3, -0.25) is 0 Å². The molecule has 1 aromatic heterocycles. The first-order valence-corrected chi connectivity index (χ1v) is 5.58.